The third kappa shape index (κ3) is 4.42. The second kappa shape index (κ2) is 8.26. The minimum Gasteiger partial charge on any atom is -0.696 e. The molecule has 2 aromatic rings. The van der Waals surface area contributed by atoms with Crippen molar-refractivity contribution in [1.82, 2.24) is 4.98 Å². The van der Waals surface area contributed by atoms with E-state index >= 15 is 0 Å². The molecule has 1 aromatic carbocycles. The first-order chi connectivity index (χ1) is 11.1. The number of hydrogen-bond acceptors (Lipinski definition) is 3. The Morgan fingerprint density at radius 3 is 2.74 bits per heavy atom. The molecular formula is C18H20ClN3S. The van der Waals surface area contributed by atoms with Crippen LogP contribution in [0.5, 0.6) is 0 Å². The molecule has 0 bridgehead atoms. The van der Waals surface area contributed by atoms with E-state index in [1.54, 1.807) is 0 Å². The summed E-state index contributed by atoms with van der Waals surface area (Å²) in [6, 6.07) is 13.0. The SMILES string of the molecule is C[N+]1(Cc2ccccc2Cl)CCCC1c1cccnc1.N#C[S-]. The van der Waals surface area contributed by atoms with Gasteiger partial charge in [0.25, 0.3) is 0 Å². The number of likely N-dealkylation sites (tertiary alicyclic amines) is 1. The van der Waals surface area contributed by atoms with Gasteiger partial charge in [0.05, 0.1) is 13.6 Å². The highest BCUT2D eigenvalue weighted by atomic mass is 35.5. The first-order valence-corrected chi connectivity index (χ1v) is 8.38. The monoisotopic (exact) mass is 345 g/mol. The molecule has 3 rings (SSSR count). The van der Waals surface area contributed by atoms with Crippen LogP contribution in [0.25, 0.3) is 0 Å². The third-order valence-corrected chi connectivity index (χ3v) is 4.83. The van der Waals surface area contributed by atoms with Crippen molar-refractivity contribution in [3.63, 3.8) is 0 Å². The van der Waals surface area contributed by atoms with Crippen molar-refractivity contribution in [2.24, 2.45) is 0 Å². The summed E-state index contributed by atoms with van der Waals surface area (Å²) in [6.45, 7) is 2.18. The van der Waals surface area contributed by atoms with E-state index in [0.29, 0.717) is 6.04 Å². The molecule has 1 saturated heterocycles. The molecule has 0 amide bonds. The quantitative estimate of drug-likeness (QED) is 0.474. The Kier molecular flexibility index (Phi) is 6.35. The van der Waals surface area contributed by atoms with Crippen molar-refractivity contribution in [2.45, 2.75) is 25.4 Å². The maximum atomic E-state index is 7.13. The number of benzene rings is 1. The van der Waals surface area contributed by atoms with Gasteiger partial charge in [0.2, 0.25) is 0 Å². The smallest absolute Gasteiger partial charge is 0.116 e. The lowest BCUT2D eigenvalue weighted by molar-refractivity contribution is -0.939. The Morgan fingerprint density at radius 2 is 2.09 bits per heavy atom. The summed E-state index contributed by atoms with van der Waals surface area (Å²) < 4.78 is 1.02. The number of aromatic nitrogens is 1. The lowest BCUT2D eigenvalue weighted by Crippen LogP contribution is -2.42. The Morgan fingerprint density at radius 1 is 1.35 bits per heavy atom. The van der Waals surface area contributed by atoms with Crippen LogP contribution in [-0.4, -0.2) is 23.1 Å². The highest BCUT2D eigenvalue weighted by molar-refractivity contribution is 7.64. The number of pyridine rings is 1. The number of thiocyanates is 1. The molecule has 2 unspecified atom stereocenters. The molecule has 23 heavy (non-hydrogen) atoms. The summed E-state index contributed by atoms with van der Waals surface area (Å²) >= 11 is 10.0. The Bertz CT molecular complexity index is 671. The zero-order chi connectivity index (χ0) is 16.7. The molecule has 1 fully saturated rings. The van der Waals surface area contributed by atoms with Crippen molar-refractivity contribution >= 4 is 24.2 Å². The molecule has 1 aromatic heterocycles. The predicted octanol–water partition coefficient (Wildman–Crippen LogP) is 4.23. The van der Waals surface area contributed by atoms with E-state index in [0.717, 1.165) is 16.1 Å². The first-order valence-electron chi connectivity index (χ1n) is 7.59. The zero-order valence-electron chi connectivity index (χ0n) is 13.2. The van der Waals surface area contributed by atoms with Gasteiger partial charge in [-0.25, -0.2) is 5.26 Å². The van der Waals surface area contributed by atoms with E-state index in [1.807, 2.05) is 30.6 Å². The van der Waals surface area contributed by atoms with Crippen LogP contribution >= 0.6 is 11.6 Å². The standard InChI is InChI=1S/C17H20ClN2.CHNS/c1-20(13-15-6-2-3-8-16(15)18)11-5-9-17(20)14-7-4-10-19-12-14;2-1-3/h2-4,6-8,10,12,17H,5,9,11,13H2,1H3;3H/q+1;/p-1. The fourth-order valence-corrected chi connectivity index (χ4v) is 3.61. The number of nitrogens with zero attached hydrogens (tertiary/aromatic N) is 3. The van der Waals surface area contributed by atoms with Crippen molar-refractivity contribution < 1.29 is 4.48 Å². The Labute approximate surface area is 148 Å². The average Bonchev–Trinajstić information content (AvgIpc) is 2.93. The maximum Gasteiger partial charge on any atom is 0.116 e. The van der Waals surface area contributed by atoms with Gasteiger partial charge in [-0.1, -0.05) is 41.3 Å². The summed E-state index contributed by atoms with van der Waals surface area (Å²) in [6.07, 6.45) is 6.35. The molecule has 0 N–H and O–H groups in total. The summed E-state index contributed by atoms with van der Waals surface area (Å²) in [5, 5.41) is 9.35. The fourth-order valence-electron chi connectivity index (χ4n) is 3.42. The van der Waals surface area contributed by atoms with Gasteiger partial charge < -0.3 is 17.1 Å². The highest BCUT2D eigenvalue weighted by Gasteiger charge is 2.39. The van der Waals surface area contributed by atoms with Crippen LogP contribution in [0, 0.1) is 10.7 Å². The molecule has 2 heterocycles. The molecule has 2 atom stereocenters. The lowest BCUT2D eigenvalue weighted by Gasteiger charge is -2.36. The molecule has 0 spiro atoms. The molecule has 1 aliphatic rings. The normalized spacial score (nSPS) is 22.7. The van der Waals surface area contributed by atoms with Crippen LogP contribution in [-0.2, 0) is 19.2 Å². The molecule has 5 heteroatoms. The van der Waals surface area contributed by atoms with Crippen molar-refractivity contribution in [3.05, 3.63) is 64.9 Å². The number of nitriles is 1. The van der Waals surface area contributed by atoms with Crippen molar-refractivity contribution in [3.8, 4) is 5.40 Å². The van der Waals surface area contributed by atoms with E-state index in [9.17, 15) is 0 Å². The molecule has 0 radical (unpaired) electrons. The summed E-state index contributed by atoms with van der Waals surface area (Å²) in [4.78, 5) is 4.28. The second-order valence-corrected chi connectivity index (χ2v) is 6.58. The van der Waals surface area contributed by atoms with Crippen molar-refractivity contribution in [1.29, 1.82) is 5.26 Å². The van der Waals surface area contributed by atoms with E-state index in [4.69, 9.17) is 16.9 Å². The molecule has 120 valence electrons. The van der Waals surface area contributed by atoms with E-state index in [1.165, 1.54) is 35.9 Å². The summed E-state index contributed by atoms with van der Waals surface area (Å²) in [5.74, 6) is 0. The van der Waals surface area contributed by atoms with Crippen LogP contribution in [0.15, 0.2) is 48.8 Å². The van der Waals surface area contributed by atoms with E-state index in [2.05, 4.69) is 42.9 Å². The van der Waals surface area contributed by atoms with Gasteiger partial charge in [0.15, 0.2) is 0 Å². The van der Waals surface area contributed by atoms with Crippen LogP contribution in [0.4, 0.5) is 0 Å². The molecule has 3 nitrogen and oxygen atoms in total. The van der Waals surface area contributed by atoms with Gasteiger partial charge in [-0.2, -0.15) is 0 Å². The molecule has 1 aliphatic heterocycles. The van der Waals surface area contributed by atoms with Gasteiger partial charge >= 0.3 is 0 Å². The maximum absolute atomic E-state index is 7.13. The third-order valence-electron chi connectivity index (χ3n) is 4.46. The van der Waals surface area contributed by atoms with Gasteiger partial charge in [-0.15, -0.1) is 0 Å². The highest BCUT2D eigenvalue weighted by Crippen LogP contribution is 2.39. The van der Waals surface area contributed by atoms with E-state index < -0.39 is 0 Å². The van der Waals surface area contributed by atoms with Crippen molar-refractivity contribution in [2.75, 3.05) is 13.6 Å². The Balaban J connectivity index is 0.000000595. The van der Waals surface area contributed by atoms with Crippen LogP contribution in [0.3, 0.4) is 0 Å². The van der Waals surface area contributed by atoms with Crippen LogP contribution < -0.4 is 0 Å². The molecular weight excluding hydrogens is 326 g/mol. The fraction of sp³-hybridized carbons (Fsp3) is 0.333. The topological polar surface area (TPSA) is 36.7 Å². The largest absolute Gasteiger partial charge is 0.696 e. The number of hydrogen-bond donors (Lipinski definition) is 0. The Hall–Kier alpha value is -1.67. The summed E-state index contributed by atoms with van der Waals surface area (Å²) in [7, 11) is 2.34. The van der Waals surface area contributed by atoms with Gasteiger partial charge in [-0.3, -0.25) is 4.98 Å². The van der Waals surface area contributed by atoms with Crippen LogP contribution in [0.2, 0.25) is 5.02 Å². The minimum absolute atomic E-state index is 0.528. The van der Waals surface area contributed by atoms with E-state index in [-0.39, 0.29) is 0 Å². The number of quaternary nitrogens is 1. The van der Waals surface area contributed by atoms with Gasteiger partial charge in [-0.05, 0) is 12.1 Å². The first kappa shape index (κ1) is 17.7. The second-order valence-electron chi connectivity index (χ2n) is 5.99. The van der Waals surface area contributed by atoms with Gasteiger partial charge in [0.1, 0.15) is 12.6 Å². The number of rotatable bonds is 3. The zero-order valence-corrected chi connectivity index (χ0v) is 14.7. The summed E-state index contributed by atoms with van der Waals surface area (Å²) in [5.41, 5.74) is 2.59. The lowest BCUT2D eigenvalue weighted by atomic mass is 10.0. The van der Waals surface area contributed by atoms with Crippen LogP contribution in [0.1, 0.15) is 30.0 Å². The molecule has 0 saturated carbocycles. The minimum atomic E-state index is 0.528. The molecule has 0 aliphatic carbocycles. The average molecular weight is 346 g/mol. The van der Waals surface area contributed by atoms with Gasteiger partial charge in [0, 0.05) is 41.4 Å². The number of halogens is 1. The predicted molar refractivity (Wildman–Crippen MR) is 95.4 cm³/mol.